The van der Waals surface area contributed by atoms with Crippen LogP contribution in [-0.4, -0.2) is 22.0 Å². The van der Waals surface area contributed by atoms with E-state index in [4.69, 9.17) is 5.11 Å². The van der Waals surface area contributed by atoms with Gasteiger partial charge in [-0.3, -0.25) is 14.6 Å². The molecule has 1 aliphatic carbocycles. The SMILES string of the molecule is O=C(O)C1CCCC(C(=O)Nc2ccncc2Br)C1. The monoisotopic (exact) mass is 326 g/mol. The van der Waals surface area contributed by atoms with Crippen molar-refractivity contribution in [2.75, 3.05) is 5.32 Å². The maximum atomic E-state index is 12.1. The second-order valence-corrected chi connectivity index (χ2v) is 5.60. The molecule has 1 saturated carbocycles. The Morgan fingerprint density at radius 3 is 2.79 bits per heavy atom. The Morgan fingerprint density at radius 2 is 2.11 bits per heavy atom. The van der Waals surface area contributed by atoms with Crippen LogP contribution in [0.15, 0.2) is 22.9 Å². The van der Waals surface area contributed by atoms with Crippen LogP contribution in [0.2, 0.25) is 0 Å². The highest BCUT2D eigenvalue weighted by atomic mass is 79.9. The molecule has 2 N–H and O–H groups in total. The van der Waals surface area contributed by atoms with Gasteiger partial charge in [0, 0.05) is 18.3 Å². The van der Waals surface area contributed by atoms with Gasteiger partial charge in [0.05, 0.1) is 16.1 Å². The Balaban J connectivity index is 2.00. The van der Waals surface area contributed by atoms with Gasteiger partial charge in [0.1, 0.15) is 0 Å². The molecule has 19 heavy (non-hydrogen) atoms. The Hall–Kier alpha value is -1.43. The van der Waals surface area contributed by atoms with Gasteiger partial charge >= 0.3 is 5.97 Å². The molecular weight excluding hydrogens is 312 g/mol. The van der Waals surface area contributed by atoms with Crippen LogP contribution in [0.25, 0.3) is 0 Å². The van der Waals surface area contributed by atoms with Crippen LogP contribution in [0.5, 0.6) is 0 Å². The summed E-state index contributed by atoms with van der Waals surface area (Å²) in [5.74, 6) is -1.54. The molecule has 0 aliphatic heterocycles. The third kappa shape index (κ3) is 3.53. The van der Waals surface area contributed by atoms with E-state index in [1.54, 1.807) is 18.5 Å². The van der Waals surface area contributed by atoms with Crippen molar-refractivity contribution >= 4 is 33.5 Å². The topological polar surface area (TPSA) is 79.3 Å². The molecule has 0 spiro atoms. The minimum Gasteiger partial charge on any atom is -0.481 e. The lowest BCUT2D eigenvalue weighted by atomic mass is 9.81. The summed E-state index contributed by atoms with van der Waals surface area (Å²) >= 11 is 3.31. The van der Waals surface area contributed by atoms with Crippen LogP contribution in [0.1, 0.15) is 25.7 Å². The highest BCUT2D eigenvalue weighted by Gasteiger charge is 2.31. The van der Waals surface area contributed by atoms with Gasteiger partial charge in [0.2, 0.25) is 5.91 Å². The number of aliphatic carboxylic acids is 1. The number of amides is 1. The molecule has 2 atom stereocenters. The smallest absolute Gasteiger partial charge is 0.306 e. The number of hydrogen-bond donors (Lipinski definition) is 2. The summed E-state index contributed by atoms with van der Waals surface area (Å²) in [6.07, 6.45) is 5.82. The molecule has 5 nitrogen and oxygen atoms in total. The van der Waals surface area contributed by atoms with E-state index in [1.165, 1.54) is 0 Å². The van der Waals surface area contributed by atoms with Gasteiger partial charge in [-0.25, -0.2) is 0 Å². The van der Waals surface area contributed by atoms with Crippen molar-refractivity contribution in [3.05, 3.63) is 22.9 Å². The molecule has 1 heterocycles. The zero-order chi connectivity index (χ0) is 13.8. The van der Waals surface area contributed by atoms with Crippen LogP contribution in [-0.2, 0) is 9.59 Å². The Bertz CT molecular complexity index is 493. The molecule has 1 amide bonds. The summed E-state index contributed by atoms with van der Waals surface area (Å²) in [4.78, 5) is 27.1. The number of nitrogens with one attached hydrogen (secondary N) is 1. The fraction of sp³-hybridized carbons (Fsp3) is 0.462. The first-order chi connectivity index (χ1) is 9.08. The van der Waals surface area contributed by atoms with Gasteiger partial charge in [0.15, 0.2) is 0 Å². The first-order valence-electron chi connectivity index (χ1n) is 6.21. The van der Waals surface area contributed by atoms with E-state index in [-0.39, 0.29) is 11.8 Å². The first kappa shape index (κ1) is 14.0. The summed E-state index contributed by atoms with van der Waals surface area (Å²) < 4.78 is 0.717. The van der Waals surface area contributed by atoms with Crippen molar-refractivity contribution in [3.63, 3.8) is 0 Å². The Labute approximate surface area is 119 Å². The van der Waals surface area contributed by atoms with Gasteiger partial charge in [-0.1, -0.05) is 6.42 Å². The molecule has 2 rings (SSSR count). The molecule has 1 fully saturated rings. The summed E-state index contributed by atoms with van der Waals surface area (Å²) in [7, 11) is 0. The third-order valence-corrected chi connectivity index (χ3v) is 4.06. The zero-order valence-electron chi connectivity index (χ0n) is 10.3. The predicted octanol–water partition coefficient (Wildman–Crippen LogP) is 2.67. The number of rotatable bonds is 3. The summed E-state index contributed by atoms with van der Waals surface area (Å²) in [6, 6.07) is 1.71. The van der Waals surface area contributed by atoms with Gasteiger partial charge in [-0.15, -0.1) is 0 Å². The minimum atomic E-state index is -0.803. The maximum Gasteiger partial charge on any atom is 0.306 e. The molecule has 1 aromatic rings. The highest BCUT2D eigenvalue weighted by Crippen LogP contribution is 2.30. The van der Waals surface area contributed by atoms with Crippen molar-refractivity contribution in [1.29, 1.82) is 0 Å². The van der Waals surface area contributed by atoms with Gasteiger partial charge < -0.3 is 10.4 Å². The molecular formula is C13H15BrN2O3. The number of aromatic nitrogens is 1. The summed E-state index contributed by atoms with van der Waals surface area (Å²) in [6.45, 7) is 0. The quantitative estimate of drug-likeness (QED) is 0.894. The second-order valence-electron chi connectivity index (χ2n) is 4.74. The molecule has 0 aromatic carbocycles. The van der Waals surface area contributed by atoms with Crippen molar-refractivity contribution in [1.82, 2.24) is 4.98 Å². The molecule has 0 saturated heterocycles. The molecule has 1 aliphatic rings. The Kier molecular flexibility index (Phi) is 4.52. The highest BCUT2D eigenvalue weighted by molar-refractivity contribution is 9.10. The third-order valence-electron chi connectivity index (χ3n) is 3.42. The molecule has 2 unspecified atom stereocenters. The number of hydrogen-bond acceptors (Lipinski definition) is 3. The number of carboxylic acid groups (broad SMARTS) is 1. The van der Waals surface area contributed by atoms with Crippen molar-refractivity contribution in [2.24, 2.45) is 11.8 Å². The maximum absolute atomic E-state index is 12.1. The van der Waals surface area contributed by atoms with Crippen molar-refractivity contribution in [2.45, 2.75) is 25.7 Å². The van der Waals surface area contributed by atoms with Crippen LogP contribution >= 0.6 is 15.9 Å². The average molecular weight is 327 g/mol. The number of halogens is 1. The largest absolute Gasteiger partial charge is 0.481 e. The van der Waals surface area contributed by atoms with Crippen LogP contribution in [0, 0.1) is 11.8 Å². The van der Waals surface area contributed by atoms with E-state index in [0.29, 0.717) is 23.0 Å². The molecule has 0 radical (unpaired) electrons. The molecule has 1 aromatic heterocycles. The zero-order valence-corrected chi connectivity index (χ0v) is 11.9. The number of nitrogens with zero attached hydrogens (tertiary/aromatic N) is 1. The van der Waals surface area contributed by atoms with E-state index < -0.39 is 11.9 Å². The fourth-order valence-electron chi connectivity index (χ4n) is 2.36. The number of carbonyl (C=O) groups is 2. The summed E-state index contributed by atoms with van der Waals surface area (Å²) in [5, 5.41) is 11.8. The lowest BCUT2D eigenvalue weighted by Gasteiger charge is -2.25. The van der Waals surface area contributed by atoms with Gasteiger partial charge in [-0.05, 0) is 41.3 Å². The normalized spacial score (nSPS) is 22.8. The molecule has 102 valence electrons. The second kappa shape index (κ2) is 6.14. The average Bonchev–Trinajstić information content (AvgIpc) is 2.41. The molecule has 0 bridgehead atoms. The van der Waals surface area contributed by atoms with Crippen LogP contribution < -0.4 is 5.32 Å². The molecule has 6 heteroatoms. The number of carbonyl (C=O) groups excluding carboxylic acids is 1. The fourth-order valence-corrected chi connectivity index (χ4v) is 2.71. The van der Waals surface area contributed by atoms with E-state index in [0.717, 1.165) is 12.8 Å². The van der Waals surface area contributed by atoms with Crippen molar-refractivity contribution < 1.29 is 14.7 Å². The van der Waals surface area contributed by atoms with Gasteiger partial charge in [-0.2, -0.15) is 0 Å². The van der Waals surface area contributed by atoms with Crippen LogP contribution in [0.3, 0.4) is 0 Å². The van der Waals surface area contributed by atoms with Crippen LogP contribution in [0.4, 0.5) is 5.69 Å². The number of carboxylic acids is 1. The predicted molar refractivity (Wildman–Crippen MR) is 73.7 cm³/mol. The standard InChI is InChI=1S/C13H15BrN2O3/c14-10-7-15-5-4-11(10)16-12(17)8-2-1-3-9(6-8)13(18)19/h4-5,7-9H,1-3,6H2,(H,18,19)(H,15,16,17). The minimum absolute atomic E-state index is 0.113. The van der Waals surface area contributed by atoms with E-state index >= 15 is 0 Å². The Morgan fingerprint density at radius 1 is 1.37 bits per heavy atom. The van der Waals surface area contributed by atoms with E-state index in [1.807, 2.05) is 0 Å². The first-order valence-corrected chi connectivity index (χ1v) is 7.00. The van der Waals surface area contributed by atoms with E-state index in [9.17, 15) is 9.59 Å². The van der Waals surface area contributed by atoms with Gasteiger partial charge in [0.25, 0.3) is 0 Å². The lowest BCUT2D eigenvalue weighted by Crippen LogP contribution is -2.31. The van der Waals surface area contributed by atoms with Crippen molar-refractivity contribution in [3.8, 4) is 0 Å². The number of anilines is 1. The lowest BCUT2D eigenvalue weighted by molar-refractivity contribution is -0.143. The van der Waals surface area contributed by atoms with E-state index in [2.05, 4.69) is 26.2 Å². The summed E-state index contributed by atoms with van der Waals surface area (Å²) in [5.41, 5.74) is 0.664. The number of pyridine rings is 1.